The summed E-state index contributed by atoms with van der Waals surface area (Å²) in [4.78, 5) is 30.6. The molecule has 3 rings (SSSR count). The monoisotopic (exact) mass is 536 g/mol. The van der Waals surface area contributed by atoms with Crippen LogP contribution in [-0.4, -0.2) is 66.0 Å². The van der Waals surface area contributed by atoms with Gasteiger partial charge in [0.25, 0.3) is 11.7 Å². The zero-order chi connectivity index (χ0) is 28.2. The number of likely N-dealkylation sites (tertiary alicyclic amines) is 1. The molecule has 0 aromatic heterocycles. The van der Waals surface area contributed by atoms with Gasteiger partial charge in [0, 0.05) is 12.1 Å². The normalized spacial score (nSPS) is 16.7. The molecule has 1 atom stereocenters. The van der Waals surface area contributed by atoms with Crippen LogP contribution < -0.4 is 9.47 Å². The molecular weight excluding hydrogens is 492 g/mol. The summed E-state index contributed by atoms with van der Waals surface area (Å²) in [5.74, 6) is -0.0875. The Kier molecular flexibility index (Phi) is 11.9. The molecule has 2 aromatic rings. The van der Waals surface area contributed by atoms with Crippen molar-refractivity contribution < 1.29 is 24.2 Å². The van der Waals surface area contributed by atoms with Gasteiger partial charge in [-0.2, -0.15) is 0 Å². The smallest absolute Gasteiger partial charge is 0.295 e. The highest BCUT2D eigenvalue weighted by Crippen LogP contribution is 2.40. The Bertz CT molecular complexity index is 1110. The van der Waals surface area contributed by atoms with Gasteiger partial charge in [-0.05, 0) is 68.7 Å². The maximum absolute atomic E-state index is 13.4. The summed E-state index contributed by atoms with van der Waals surface area (Å²) in [6, 6.07) is 13.9. The van der Waals surface area contributed by atoms with Crippen LogP contribution in [0.5, 0.6) is 11.5 Å². The van der Waals surface area contributed by atoms with Gasteiger partial charge in [0.05, 0.1) is 24.8 Å². The lowest BCUT2D eigenvalue weighted by atomic mass is 9.95. The molecule has 39 heavy (non-hydrogen) atoms. The molecule has 2 aromatic carbocycles. The maximum atomic E-state index is 13.4. The molecule has 212 valence electrons. The maximum Gasteiger partial charge on any atom is 0.295 e. The van der Waals surface area contributed by atoms with E-state index in [1.807, 2.05) is 37.3 Å². The van der Waals surface area contributed by atoms with Crippen LogP contribution >= 0.6 is 0 Å². The van der Waals surface area contributed by atoms with Crippen LogP contribution in [0.2, 0.25) is 0 Å². The highest BCUT2D eigenvalue weighted by Gasteiger charge is 2.45. The number of nitrogens with zero attached hydrogens (tertiary/aromatic N) is 2. The molecule has 1 saturated heterocycles. The van der Waals surface area contributed by atoms with E-state index in [1.165, 1.54) is 0 Å². The summed E-state index contributed by atoms with van der Waals surface area (Å²) in [5.41, 5.74) is 1.32. The molecule has 0 bridgehead atoms. The predicted molar refractivity (Wildman–Crippen MR) is 155 cm³/mol. The van der Waals surface area contributed by atoms with Crippen molar-refractivity contribution in [2.45, 2.75) is 65.8 Å². The number of carbonyl (C=O) groups excluding carboxylic acids is 2. The van der Waals surface area contributed by atoms with E-state index in [-0.39, 0.29) is 11.3 Å². The third-order valence-corrected chi connectivity index (χ3v) is 7.10. The van der Waals surface area contributed by atoms with Gasteiger partial charge >= 0.3 is 0 Å². The summed E-state index contributed by atoms with van der Waals surface area (Å²) in [6.45, 7) is 12.7. The van der Waals surface area contributed by atoms with Gasteiger partial charge in [0.1, 0.15) is 17.3 Å². The third kappa shape index (κ3) is 7.85. The molecule has 1 aliphatic heterocycles. The van der Waals surface area contributed by atoms with E-state index in [2.05, 4.69) is 25.7 Å². The first-order valence-corrected chi connectivity index (χ1v) is 14.4. The van der Waals surface area contributed by atoms with E-state index in [4.69, 9.17) is 9.47 Å². The van der Waals surface area contributed by atoms with Crippen molar-refractivity contribution in [1.82, 2.24) is 9.80 Å². The Morgan fingerprint density at radius 2 is 1.59 bits per heavy atom. The Morgan fingerprint density at radius 3 is 2.26 bits per heavy atom. The number of hydrogen-bond acceptors (Lipinski definition) is 6. The molecule has 1 fully saturated rings. The van der Waals surface area contributed by atoms with Gasteiger partial charge < -0.3 is 24.4 Å². The van der Waals surface area contributed by atoms with Crippen LogP contribution in [0.1, 0.15) is 77.0 Å². The predicted octanol–water partition coefficient (Wildman–Crippen LogP) is 6.20. The molecule has 7 heteroatoms. The van der Waals surface area contributed by atoms with Gasteiger partial charge in [0.2, 0.25) is 0 Å². The summed E-state index contributed by atoms with van der Waals surface area (Å²) >= 11 is 0. The Morgan fingerprint density at radius 1 is 0.872 bits per heavy atom. The van der Waals surface area contributed by atoms with Gasteiger partial charge in [-0.3, -0.25) is 9.59 Å². The van der Waals surface area contributed by atoms with Gasteiger partial charge in [-0.1, -0.05) is 64.8 Å². The lowest BCUT2D eigenvalue weighted by Gasteiger charge is -2.27. The van der Waals surface area contributed by atoms with Crippen LogP contribution in [-0.2, 0) is 9.59 Å². The van der Waals surface area contributed by atoms with Crippen LogP contribution in [0.3, 0.4) is 0 Å². The highest BCUT2D eigenvalue weighted by molar-refractivity contribution is 6.46. The lowest BCUT2D eigenvalue weighted by molar-refractivity contribution is -0.140. The van der Waals surface area contributed by atoms with Crippen LogP contribution in [0, 0.1) is 0 Å². The van der Waals surface area contributed by atoms with E-state index in [0.717, 1.165) is 63.1 Å². The zero-order valence-corrected chi connectivity index (χ0v) is 23.9. The molecule has 1 aliphatic rings. The van der Waals surface area contributed by atoms with E-state index < -0.39 is 17.7 Å². The summed E-state index contributed by atoms with van der Waals surface area (Å²) < 4.78 is 11.6. The fourth-order valence-corrected chi connectivity index (χ4v) is 4.86. The van der Waals surface area contributed by atoms with E-state index in [1.54, 1.807) is 23.1 Å². The quantitative estimate of drug-likeness (QED) is 0.119. The lowest BCUT2D eigenvalue weighted by Crippen LogP contribution is -2.33. The number of aliphatic hydroxyl groups is 1. The zero-order valence-electron chi connectivity index (χ0n) is 23.9. The highest BCUT2D eigenvalue weighted by atomic mass is 16.5. The molecule has 1 amide bonds. The van der Waals surface area contributed by atoms with Crippen molar-refractivity contribution in [3.63, 3.8) is 0 Å². The SMILES string of the molecule is CCCCCOc1ccc(C2/C(=C(\O)c3cccc(OCCC)c3)C(=O)C(=O)N2CCCN(CC)CC)cc1. The summed E-state index contributed by atoms with van der Waals surface area (Å²) in [5, 5.41) is 11.4. The average molecular weight is 537 g/mol. The Hall–Kier alpha value is -3.32. The number of hydrogen-bond donors (Lipinski definition) is 1. The van der Waals surface area contributed by atoms with E-state index in [9.17, 15) is 14.7 Å². The van der Waals surface area contributed by atoms with Gasteiger partial charge in [-0.15, -0.1) is 0 Å². The summed E-state index contributed by atoms with van der Waals surface area (Å²) in [6.07, 6.45) is 4.82. The number of unbranched alkanes of at least 4 members (excludes halogenated alkanes) is 2. The van der Waals surface area contributed by atoms with Crippen molar-refractivity contribution in [2.75, 3.05) is 39.4 Å². The van der Waals surface area contributed by atoms with Crippen molar-refractivity contribution in [2.24, 2.45) is 0 Å². The fraction of sp³-hybridized carbons (Fsp3) is 0.500. The largest absolute Gasteiger partial charge is 0.507 e. The van der Waals surface area contributed by atoms with Crippen molar-refractivity contribution in [1.29, 1.82) is 0 Å². The standard InChI is InChI=1S/C32H44N2O5/c1-5-9-10-22-39-26-17-15-24(16-18-26)29-28(30(35)25-13-11-14-27(23-25)38-21-6-2)31(36)32(37)34(29)20-12-19-33(7-3)8-4/h11,13-18,23,29,35H,5-10,12,19-22H2,1-4H3/b30-28+. The average Bonchev–Trinajstić information content (AvgIpc) is 3.21. The molecule has 0 saturated carbocycles. The minimum Gasteiger partial charge on any atom is -0.507 e. The first-order valence-electron chi connectivity index (χ1n) is 14.4. The molecule has 0 radical (unpaired) electrons. The van der Waals surface area contributed by atoms with Crippen LogP contribution in [0.25, 0.3) is 5.76 Å². The Balaban J connectivity index is 1.96. The number of rotatable bonds is 16. The molecule has 7 nitrogen and oxygen atoms in total. The number of Topliss-reactive ketones (excluding diaryl/α,β-unsaturated/α-hetero) is 1. The molecule has 1 heterocycles. The second kappa shape index (κ2) is 15.3. The first kappa shape index (κ1) is 30.2. The number of benzene rings is 2. The second-order valence-electron chi connectivity index (χ2n) is 9.87. The number of ether oxygens (including phenoxy) is 2. The van der Waals surface area contributed by atoms with Crippen molar-refractivity contribution >= 4 is 17.4 Å². The topological polar surface area (TPSA) is 79.3 Å². The van der Waals surface area contributed by atoms with E-state index in [0.29, 0.717) is 31.1 Å². The minimum absolute atomic E-state index is 0.104. The van der Waals surface area contributed by atoms with Gasteiger partial charge in [0.15, 0.2) is 0 Å². The molecule has 1 N–H and O–H groups in total. The third-order valence-electron chi connectivity index (χ3n) is 7.10. The number of aliphatic hydroxyl groups excluding tert-OH is 1. The first-order chi connectivity index (χ1) is 18.9. The molecule has 0 spiro atoms. The second-order valence-corrected chi connectivity index (χ2v) is 9.87. The molecule has 0 aliphatic carbocycles. The number of carbonyl (C=O) groups is 2. The fourth-order valence-electron chi connectivity index (χ4n) is 4.86. The molecular formula is C32H44N2O5. The Labute approximate surface area is 233 Å². The van der Waals surface area contributed by atoms with Crippen LogP contribution in [0.15, 0.2) is 54.1 Å². The van der Waals surface area contributed by atoms with Crippen molar-refractivity contribution in [3.05, 3.63) is 65.2 Å². The van der Waals surface area contributed by atoms with E-state index >= 15 is 0 Å². The number of ketones is 1. The molecule has 1 unspecified atom stereocenters. The van der Waals surface area contributed by atoms with Crippen LogP contribution in [0.4, 0.5) is 0 Å². The van der Waals surface area contributed by atoms with Crippen molar-refractivity contribution in [3.8, 4) is 11.5 Å². The summed E-state index contributed by atoms with van der Waals surface area (Å²) in [7, 11) is 0. The minimum atomic E-state index is -0.684. The van der Waals surface area contributed by atoms with Gasteiger partial charge in [-0.25, -0.2) is 0 Å². The number of amides is 1.